The second kappa shape index (κ2) is 13.0. The number of hydrogen-bond acceptors (Lipinski definition) is 2. The van der Waals surface area contributed by atoms with E-state index in [-0.39, 0.29) is 34.0 Å². The molecule has 0 aliphatic carbocycles. The van der Waals surface area contributed by atoms with E-state index >= 15 is 0 Å². The molecular formula is C18H32Br4N2O2. The summed E-state index contributed by atoms with van der Waals surface area (Å²) >= 11 is 7.16. The van der Waals surface area contributed by atoms with Crippen molar-refractivity contribution in [2.75, 3.05) is 68.6 Å². The highest BCUT2D eigenvalue weighted by molar-refractivity contribution is 9.11. The van der Waals surface area contributed by atoms with Crippen molar-refractivity contribution in [3.05, 3.63) is 21.1 Å². The summed E-state index contributed by atoms with van der Waals surface area (Å²) in [5.74, 6) is 1.70. The Kier molecular flexibility index (Phi) is 14.4. The molecule has 0 spiro atoms. The lowest BCUT2D eigenvalue weighted by atomic mass is 10.3. The summed E-state index contributed by atoms with van der Waals surface area (Å²) in [6.07, 6.45) is 2.05. The third-order valence-corrected chi connectivity index (χ3v) is 4.69. The van der Waals surface area contributed by atoms with Crippen molar-refractivity contribution in [2.24, 2.45) is 0 Å². The smallest absolute Gasteiger partial charge is 0.134 e. The van der Waals surface area contributed by atoms with E-state index in [1.54, 1.807) is 0 Å². The highest BCUT2D eigenvalue weighted by atomic mass is 79.9. The number of quaternary nitrogens is 2. The zero-order chi connectivity index (χ0) is 18.4. The van der Waals surface area contributed by atoms with Crippen LogP contribution in [0.1, 0.15) is 12.8 Å². The molecule has 0 aliphatic heterocycles. The molecule has 0 bridgehead atoms. The molecule has 0 aromatic heterocycles. The summed E-state index contributed by atoms with van der Waals surface area (Å²) in [5.41, 5.74) is 0. The molecule has 0 heterocycles. The van der Waals surface area contributed by atoms with Crippen LogP contribution in [0.5, 0.6) is 11.5 Å². The predicted molar refractivity (Wildman–Crippen MR) is 108 cm³/mol. The second-order valence-electron chi connectivity index (χ2n) is 8.14. The molecule has 0 radical (unpaired) electrons. The number of rotatable bonds is 10. The molecule has 8 heteroatoms. The molecule has 154 valence electrons. The molecule has 0 saturated heterocycles. The topological polar surface area (TPSA) is 18.5 Å². The molecule has 0 unspecified atom stereocenters. The lowest BCUT2D eigenvalue weighted by Crippen LogP contribution is -3.00. The molecule has 0 fully saturated rings. The lowest BCUT2D eigenvalue weighted by Gasteiger charge is -2.24. The highest BCUT2D eigenvalue weighted by Crippen LogP contribution is 2.36. The van der Waals surface area contributed by atoms with Crippen molar-refractivity contribution in [1.82, 2.24) is 0 Å². The monoisotopic (exact) mass is 624 g/mol. The van der Waals surface area contributed by atoms with Crippen molar-refractivity contribution in [1.29, 1.82) is 0 Å². The minimum Gasteiger partial charge on any atom is -1.00 e. The first-order chi connectivity index (χ1) is 11.0. The van der Waals surface area contributed by atoms with Crippen LogP contribution in [0.3, 0.4) is 0 Å². The van der Waals surface area contributed by atoms with Crippen molar-refractivity contribution in [3.63, 3.8) is 0 Å². The van der Waals surface area contributed by atoms with E-state index in [1.165, 1.54) is 0 Å². The van der Waals surface area contributed by atoms with Gasteiger partial charge in [0.1, 0.15) is 11.5 Å². The average Bonchev–Trinajstić information content (AvgIpc) is 2.41. The Morgan fingerprint density at radius 1 is 0.692 bits per heavy atom. The van der Waals surface area contributed by atoms with Gasteiger partial charge in [-0.1, -0.05) is 0 Å². The predicted octanol–water partition coefficient (Wildman–Crippen LogP) is -1.83. The van der Waals surface area contributed by atoms with Gasteiger partial charge in [0.2, 0.25) is 0 Å². The fourth-order valence-corrected chi connectivity index (χ4v) is 3.05. The molecule has 1 rings (SSSR count). The maximum absolute atomic E-state index is 5.89. The van der Waals surface area contributed by atoms with Gasteiger partial charge in [-0.25, -0.2) is 0 Å². The van der Waals surface area contributed by atoms with Crippen LogP contribution in [0.2, 0.25) is 0 Å². The summed E-state index contributed by atoms with van der Waals surface area (Å²) in [7, 11) is 13.1. The summed E-state index contributed by atoms with van der Waals surface area (Å²) in [6, 6.07) is 3.95. The van der Waals surface area contributed by atoms with Gasteiger partial charge in [0.05, 0.1) is 77.5 Å². The maximum Gasteiger partial charge on any atom is 0.134 e. The minimum atomic E-state index is 0. The summed E-state index contributed by atoms with van der Waals surface area (Å²) < 4.78 is 15.5. The molecule has 0 aliphatic rings. The van der Waals surface area contributed by atoms with Crippen LogP contribution in [0.4, 0.5) is 0 Å². The van der Waals surface area contributed by atoms with Gasteiger partial charge >= 0.3 is 0 Å². The zero-order valence-corrected chi connectivity index (χ0v) is 23.0. The minimum absolute atomic E-state index is 0. The van der Waals surface area contributed by atoms with Gasteiger partial charge in [-0.3, -0.25) is 0 Å². The summed E-state index contributed by atoms with van der Waals surface area (Å²) in [6.45, 7) is 3.60. The number of halogens is 4. The third-order valence-electron chi connectivity index (χ3n) is 3.45. The normalized spacial score (nSPS) is 11.4. The number of ether oxygens (including phenoxy) is 2. The van der Waals surface area contributed by atoms with Crippen LogP contribution in [0.15, 0.2) is 21.1 Å². The first-order valence-corrected chi connectivity index (χ1v) is 9.92. The average molecular weight is 628 g/mol. The Bertz CT molecular complexity index is 481. The van der Waals surface area contributed by atoms with Gasteiger partial charge in [0.25, 0.3) is 0 Å². The zero-order valence-electron chi connectivity index (χ0n) is 16.6. The largest absolute Gasteiger partial charge is 1.00 e. The van der Waals surface area contributed by atoms with Crippen molar-refractivity contribution >= 4 is 31.9 Å². The number of hydrogen-bond donors (Lipinski definition) is 0. The molecule has 0 amide bonds. The van der Waals surface area contributed by atoms with E-state index in [4.69, 9.17) is 9.47 Å². The van der Waals surface area contributed by atoms with Crippen LogP contribution >= 0.6 is 31.9 Å². The van der Waals surface area contributed by atoms with E-state index in [2.05, 4.69) is 74.1 Å². The highest BCUT2D eigenvalue weighted by Gasteiger charge is 2.12. The Balaban J connectivity index is 0. The van der Waals surface area contributed by atoms with E-state index in [9.17, 15) is 0 Å². The van der Waals surface area contributed by atoms with Gasteiger partial charge in [-0.05, 0) is 44.0 Å². The number of benzene rings is 1. The molecule has 4 nitrogen and oxygen atoms in total. The van der Waals surface area contributed by atoms with Crippen LogP contribution < -0.4 is 43.4 Å². The molecule has 1 aromatic carbocycles. The van der Waals surface area contributed by atoms with Crippen molar-refractivity contribution < 1.29 is 52.4 Å². The number of nitrogens with zero attached hydrogens (tertiary/aromatic N) is 2. The van der Waals surface area contributed by atoms with Gasteiger partial charge < -0.3 is 52.4 Å². The second-order valence-corrected chi connectivity index (χ2v) is 9.85. The van der Waals surface area contributed by atoms with E-state index in [1.807, 2.05) is 12.1 Å². The molecule has 0 atom stereocenters. The summed E-state index contributed by atoms with van der Waals surface area (Å²) in [5, 5.41) is 0. The van der Waals surface area contributed by atoms with Crippen molar-refractivity contribution in [3.8, 4) is 11.5 Å². The fraction of sp³-hybridized carbons (Fsp3) is 0.667. The maximum atomic E-state index is 5.89. The molecule has 1 aromatic rings. The Hall–Kier alpha value is 0.660. The lowest BCUT2D eigenvalue weighted by molar-refractivity contribution is -0.870. The molecule has 0 saturated carbocycles. The first kappa shape index (κ1) is 28.9. The molecular weight excluding hydrogens is 596 g/mol. The van der Waals surface area contributed by atoms with Crippen molar-refractivity contribution in [2.45, 2.75) is 12.8 Å². The van der Waals surface area contributed by atoms with E-state index < -0.39 is 0 Å². The SMILES string of the molecule is C[N+](C)(C)CCCOc1cc(Br)c(OCCC[N+](C)(C)C)cc1Br.[Br-].[Br-]. The van der Waals surface area contributed by atoms with E-state index in [0.717, 1.165) is 55.3 Å². The van der Waals surface area contributed by atoms with Gasteiger partial charge in [0.15, 0.2) is 0 Å². The van der Waals surface area contributed by atoms with Crippen LogP contribution in [-0.4, -0.2) is 77.6 Å². The quantitative estimate of drug-likeness (QED) is 0.225. The molecule has 26 heavy (non-hydrogen) atoms. The Labute approximate surface area is 197 Å². The molecule has 0 N–H and O–H groups in total. The summed E-state index contributed by atoms with van der Waals surface area (Å²) in [4.78, 5) is 0. The van der Waals surface area contributed by atoms with Crippen LogP contribution in [0, 0.1) is 0 Å². The van der Waals surface area contributed by atoms with Gasteiger partial charge in [-0.15, -0.1) is 0 Å². The Morgan fingerprint density at radius 2 is 1.00 bits per heavy atom. The standard InChI is InChI=1S/C18H32Br2N2O2.2BrH/c1-21(2,3)9-7-11-23-17-13-16(20)18(14-15(17)19)24-12-8-10-22(4,5)6;;/h13-14H,7-12H2,1-6H3;2*1H/q+2;;/p-2. The first-order valence-electron chi connectivity index (χ1n) is 8.33. The Morgan fingerprint density at radius 3 is 1.27 bits per heavy atom. The van der Waals surface area contributed by atoms with Gasteiger partial charge in [-0.2, -0.15) is 0 Å². The van der Waals surface area contributed by atoms with E-state index in [0.29, 0.717) is 13.2 Å². The third kappa shape index (κ3) is 12.9. The fourth-order valence-electron chi connectivity index (χ4n) is 2.17. The van der Waals surface area contributed by atoms with Crippen LogP contribution in [-0.2, 0) is 0 Å². The van der Waals surface area contributed by atoms with Gasteiger partial charge in [0, 0.05) is 12.8 Å². The van der Waals surface area contributed by atoms with Crippen LogP contribution in [0.25, 0.3) is 0 Å².